The van der Waals surface area contributed by atoms with Crippen LogP contribution in [0.25, 0.3) is 16.6 Å². The molecule has 1 N–H and O–H groups in total. The van der Waals surface area contributed by atoms with E-state index in [-0.39, 0.29) is 17.6 Å². The molecule has 5 rings (SSSR count). The van der Waals surface area contributed by atoms with Gasteiger partial charge >= 0.3 is 0 Å². The summed E-state index contributed by atoms with van der Waals surface area (Å²) in [6.45, 7) is 4.15. The number of halogens is 1. The van der Waals surface area contributed by atoms with Gasteiger partial charge in [0, 0.05) is 36.2 Å². The molecule has 34 heavy (non-hydrogen) atoms. The average Bonchev–Trinajstić information content (AvgIpc) is 3.46. The molecule has 0 bridgehead atoms. The van der Waals surface area contributed by atoms with E-state index in [1.165, 1.54) is 12.1 Å². The van der Waals surface area contributed by atoms with E-state index in [1.54, 1.807) is 47.0 Å². The van der Waals surface area contributed by atoms with Gasteiger partial charge in [0.1, 0.15) is 5.82 Å². The molecule has 0 fully saturated rings. The number of fused-ring (bicyclic) bond motifs is 1. The maximum Gasteiger partial charge on any atom is 0.253 e. The fourth-order valence-electron chi connectivity index (χ4n) is 4.07. The van der Waals surface area contributed by atoms with Crippen LogP contribution < -0.4 is 5.32 Å². The first-order chi connectivity index (χ1) is 16.5. The van der Waals surface area contributed by atoms with Crippen LogP contribution in [0.15, 0.2) is 103 Å². The van der Waals surface area contributed by atoms with Gasteiger partial charge in [0.05, 0.1) is 17.4 Å². The van der Waals surface area contributed by atoms with Crippen molar-refractivity contribution < 1.29 is 9.18 Å². The highest BCUT2D eigenvalue weighted by Gasteiger charge is 2.24. The van der Waals surface area contributed by atoms with E-state index >= 15 is 0 Å². The monoisotopic (exact) mass is 451 g/mol. The van der Waals surface area contributed by atoms with E-state index < -0.39 is 0 Å². The molecule has 1 amide bonds. The molecule has 0 saturated carbocycles. The standard InChI is InChI=1S/C27H22FN5O/c1-18(27(34)30-25-14-15-32(2)31-25)26(19-6-4-3-5-7-19)20-8-13-24-21(16-20)17-29-33(24)23-11-9-22(28)10-12-23/h3-17,26H,1H2,2H3,(H,30,31,34). The molecule has 5 aromatic rings. The molecule has 6 nitrogen and oxygen atoms in total. The molecule has 168 valence electrons. The number of hydrogen-bond acceptors (Lipinski definition) is 3. The van der Waals surface area contributed by atoms with Crippen LogP contribution >= 0.6 is 0 Å². The Morgan fingerprint density at radius 3 is 2.47 bits per heavy atom. The second kappa shape index (κ2) is 8.78. The summed E-state index contributed by atoms with van der Waals surface area (Å²) >= 11 is 0. The molecule has 2 heterocycles. The van der Waals surface area contributed by atoms with Crippen LogP contribution in [-0.4, -0.2) is 25.5 Å². The molecule has 0 spiro atoms. The second-order valence-corrected chi connectivity index (χ2v) is 8.05. The number of aryl methyl sites for hydroxylation is 1. The molecule has 0 aliphatic rings. The lowest BCUT2D eigenvalue weighted by Gasteiger charge is -2.20. The molecule has 0 aliphatic carbocycles. The highest BCUT2D eigenvalue weighted by atomic mass is 19.1. The number of aromatic nitrogens is 4. The maximum atomic E-state index is 13.3. The zero-order valence-corrected chi connectivity index (χ0v) is 18.5. The van der Waals surface area contributed by atoms with Crippen LogP contribution in [0.1, 0.15) is 17.0 Å². The highest BCUT2D eigenvalue weighted by Crippen LogP contribution is 2.34. The van der Waals surface area contributed by atoms with Gasteiger partial charge in [-0.15, -0.1) is 0 Å². The van der Waals surface area contributed by atoms with Crippen LogP contribution in [0.3, 0.4) is 0 Å². The van der Waals surface area contributed by atoms with Crippen molar-refractivity contribution in [3.8, 4) is 5.69 Å². The molecule has 0 saturated heterocycles. The van der Waals surface area contributed by atoms with Crippen LogP contribution in [0.4, 0.5) is 10.2 Å². The molecule has 0 radical (unpaired) electrons. The summed E-state index contributed by atoms with van der Waals surface area (Å²) < 4.78 is 16.7. The number of carbonyl (C=O) groups excluding carboxylic acids is 1. The van der Waals surface area contributed by atoms with Crippen molar-refractivity contribution in [3.63, 3.8) is 0 Å². The van der Waals surface area contributed by atoms with Crippen molar-refractivity contribution in [2.45, 2.75) is 5.92 Å². The quantitative estimate of drug-likeness (QED) is 0.360. The zero-order valence-electron chi connectivity index (χ0n) is 18.5. The third-order valence-electron chi connectivity index (χ3n) is 5.72. The molecule has 3 aromatic carbocycles. The van der Waals surface area contributed by atoms with Crippen molar-refractivity contribution in [2.24, 2.45) is 7.05 Å². The zero-order chi connectivity index (χ0) is 23.7. The van der Waals surface area contributed by atoms with E-state index in [2.05, 4.69) is 22.1 Å². The maximum absolute atomic E-state index is 13.3. The van der Waals surface area contributed by atoms with E-state index in [0.29, 0.717) is 11.4 Å². The highest BCUT2D eigenvalue weighted by molar-refractivity contribution is 6.04. The average molecular weight is 452 g/mol. The number of carbonyl (C=O) groups is 1. The molecule has 0 aliphatic heterocycles. The van der Waals surface area contributed by atoms with Gasteiger partial charge in [0.25, 0.3) is 5.91 Å². The van der Waals surface area contributed by atoms with Crippen LogP contribution in [0, 0.1) is 5.82 Å². The molecular weight excluding hydrogens is 429 g/mol. The fraction of sp³-hybridized carbons (Fsp3) is 0.0741. The number of anilines is 1. The van der Waals surface area contributed by atoms with Gasteiger partial charge in [-0.3, -0.25) is 9.48 Å². The molecule has 7 heteroatoms. The number of amides is 1. The largest absolute Gasteiger partial charge is 0.305 e. The predicted octanol–water partition coefficient (Wildman–Crippen LogP) is 5.22. The van der Waals surface area contributed by atoms with Gasteiger partial charge in [0.15, 0.2) is 5.82 Å². The van der Waals surface area contributed by atoms with Gasteiger partial charge in [-0.1, -0.05) is 43.0 Å². The Morgan fingerprint density at radius 1 is 1.00 bits per heavy atom. The van der Waals surface area contributed by atoms with Gasteiger partial charge in [-0.25, -0.2) is 9.07 Å². The van der Waals surface area contributed by atoms with E-state index in [9.17, 15) is 9.18 Å². The van der Waals surface area contributed by atoms with E-state index in [1.807, 2.05) is 48.5 Å². The van der Waals surface area contributed by atoms with Gasteiger partial charge in [0.2, 0.25) is 0 Å². The van der Waals surface area contributed by atoms with Gasteiger partial charge in [-0.05, 0) is 47.5 Å². The molecule has 1 atom stereocenters. The Morgan fingerprint density at radius 2 is 1.76 bits per heavy atom. The van der Waals surface area contributed by atoms with Crippen molar-refractivity contribution in [1.82, 2.24) is 19.6 Å². The third-order valence-corrected chi connectivity index (χ3v) is 5.72. The lowest BCUT2D eigenvalue weighted by atomic mass is 9.84. The lowest BCUT2D eigenvalue weighted by Crippen LogP contribution is -2.20. The predicted molar refractivity (Wildman–Crippen MR) is 130 cm³/mol. The van der Waals surface area contributed by atoms with Gasteiger partial charge in [-0.2, -0.15) is 10.2 Å². The van der Waals surface area contributed by atoms with Gasteiger partial charge < -0.3 is 5.32 Å². The molecule has 2 aromatic heterocycles. The van der Waals surface area contributed by atoms with Crippen LogP contribution in [0.5, 0.6) is 0 Å². The minimum absolute atomic E-state index is 0.296. The van der Waals surface area contributed by atoms with Crippen molar-refractivity contribution in [1.29, 1.82) is 0 Å². The number of benzene rings is 3. The first-order valence-corrected chi connectivity index (χ1v) is 10.8. The second-order valence-electron chi connectivity index (χ2n) is 8.05. The number of hydrogen-bond donors (Lipinski definition) is 1. The summed E-state index contributed by atoms with van der Waals surface area (Å²) in [4.78, 5) is 13.1. The normalized spacial score (nSPS) is 11.9. The summed E-state index contributed by atoms with van der Waals surface area (Å²) in [6, 6.07) is 23.7. The summed E-state index contributed by atoms with van der Waals surface area (Å²) in [5.74, 6) is -0.481. The van der Waals surface area contributed by atoms with Crippen molar-refractivity contribution >= 4 is 22.6 Å². The summed E-state index contributed by atoms with van der Waals surface area (Å²) in [5.41, 5.74) is 3.92. The third kappa shape index (κ3) is 4.11. The minimum atomic E-state index is -0.358. The number of rotatable bonds is 6. The lowest BCUT2D eigenvalue weighted by molar-refractivity contribution is -0.113. The Bertz CT molecular complexity index is 1480. The van der Waals surface area contributed by atoms with Crippen molar-refractivity contribution in [2.75, 3.05) is 5.32 Å². The van der Waals surface area contributed by atoms with E-state index in [0.717, 1.165) is 27.7 Å². The smallest absolute Gasteiger partial charge is 0.253 e. The first-order valence-electron chi connectivity index (χ1n) is 10.8. The summed E-state index contributed by atoms with van der Waals surface area (Å²) in [7, 11) is 1.79. The Balaban J connectivity index is 1.52. The Kier molecular flexibility index (Phi) is 5.51. The van der Waals surface area contributed by atoms with E-state index in [4.69, 9.17) is 0 Å². The first kappa shape index (κ1) is 21.3. The molecule has 1 unspecified atom stereocenters. The fourth-order valence-corrected chi connectivity index (χ4v) is 4.07. The topological polar surface area (TPSA) is 64.7 Å². The number of nitrogens with one attached hydrogen (secondary N) is 1. The molecular formula is C27H22FN5O. The van der Waals surface area contributed by atoms with Crippen molar-refractivity contribution in [3.05, 3.63) is 120 Å². The Hall–Kier alpha value is -4.52. The minimum Gasteiger partial charge on any atom is -0.305 e. The Labute approximate surface area is 196 Å². The number of nitrogens with zero attached hydrogens (tertiary/aromatic N) is 4. The summed E-state index contributed by atoms with van der Waals surface area (Å²) in [6.07, 6.45) is 3.53. The summed E-state index contributed by atoms with van der Waals surface area (Å²) in [5, 5.41) is 12.4. The van der Waals surface area contributed by atoms with Crippen LogP contribution in [0.2, 0.25) is 0 Å². The SMILES string of the molecule is C=C(C(=O)Nc1ccn(C)n1)C(c1ccccc1)c1ccc2c(cnn2-c2ccc(F)cc2)c1. The van der Waals surface area contributed by atoms with Crippen LogP contribution in [-0.2, 0) is 11.8 Å².